The van der Waals surface area contributed by atoms with Gasteiger partial charge < -0.3 is 19.1 Å². The molecule has 1 aromatic carbocycles. The Morgan fingerprint density at radius 1 is 1.16 bits per heavy atom. The number of thiophene rings is 1. The molecule has 0 bridgehead atoms. The van der Waals surface area contributed by atoms with E-state index in [0.717, 1.165) is 28.0 Å². The van der Waals surface area contributed by atoms with E-state index in [9.17, 15) is 18.0 Å². The molecule has 0 aliphatic carbocycles. The summed E-state index contributed by atoms with van der Waals surface area (Å²) in [5, 5.41) is 10.7. The van der Waals surface area contributed by atoms with Gasteiger partial charge in [0.1, 0.15) is 16.9 Å². The third-order valence-electron chi connectivity index (χ3n) is 5.68. The van der Waals surface area contributed by atoms with Crippen LogP contribution >= 0.6 is 11.3 Å². The topological polar surface area (TPSA) is 73.8 Å². The number of alkyl halides is 3. The molecule has 0 unspecified atom stereocenters. The molecule has 11 heteroatoms. The fourth-order valence-corrected chi connectivity index (χ4v) is 5.03. The first kappa shape index (κ1) is 26.9. The Morgan fingerprint density at radius 3 is 2.59 bits per heavy atom. The summed E-state index contributed by atoms with van der Waals surface area (Å²) in [5.74, 6) is 0.0163. The van der Waals surface area contributed by atoms with Crippen LogP contribution in [0.1, 0.15) is 43.9 Å². The van der Waals surface area contributed by atoms with Gasteiger partial charge in [-0.05, 0) is 63.5 Å². The molecule has 1 aliphatic rings. The number of halogens is 3. The number of methoxy groups -OCH3 is 1. The first-order valence-corrected chi connectivity index (χ1v) is 12.5. The summed E-state index contributed by atoms with van der Waals surface area (Å²) in [6.07, 6.45) is -2.13. The lowest BCUT2D eigenvalue weighted by Gasteiger charge is -2.30. The third-order valence-corrected chi connectivity index (χ3v) is 6.60. The highest BCUT2D eigenvalue weighted by molar-refractivity contribution is 7.17. The third kappa shape index (κ3) is 6.04. The van der Waals surface area contributed by atoms with E-state index in [0.29, 0.717) is 41.8 Å². The second-order valence-electron chi connectivity index (χ2n) is 9.73. The molecule has 0 saturated carbocycles. The lowest BCUT2D eigenvalue weighted by Crippen LogP contribution is -2.39. The van der Waals surface area contributed by atoms with Crippen molar-refractivity contribution in [3.05, 3.63) is 46.3 Å². The highest BCUT2D eigenvalue weighted by Gasteiger charge is 2.33. The summed E-state index contributed by atoms with van der Waals surface area (Å²) in [7, 11) is 1.39. The molecular weight excluding hydrogens is 507 g/mol. The second kappa shape index (κ2) is 10.3. The lowest BCUT2D eigenvalue weighted by molar-refractivity contribution is -0.137. The van der Waals surface area contributed by atoms with Gasteiger partial charge in [-0.25, -0.2) is 4.79 Å². The predicted molar refractivity (Wildman–Crippen MR) is 135 cm³/mol. The molecule has 0 spiro atoms. The Morgan fingerprint density at radius 2 is 1.92 bits per heavy atom. The second-order valence-corrected chi connectivity index (χ2v) is 10.6. The minimum absolute atomic E-state index is 0.0163. The number of nitrogens with zero attached hydrogens (tertiary/aromatic N) is 3. The molecule has 0 N–H and O–H groups in total. The summed E-state index contributed by atoms with van der Waals surface area (Å²) >= 11 is 1.45. The first-order valence-electron chi connectivity index (χ1n) is 11.6. The van der Waals surface area contributed by atoms with Crippen LogP contribution in [0.4, 0.5) is 18.0 Å². The first-order chi connectivity index (χ1) is 17.4. The Kier molecular flexibility index (Phi) is 7.48. The Balaban J connectivity index is 1.67. The summed E-state index contributed by atoms with van der Waals surface area (Å²) in [4.78, 5) is 14.2. The highest BCUT2D eigenvalue weighted by atomic mass is 32.1. The number of hydrogen-bond donors (Lipinski definition) is 0. The van der Waals surface area contributed by atoms with Crippen LogP contribution < -0.4 is 4.74 Å². The molecule has 0 saturated heterocycles. The van der Waals surface area contributed by atoms with Crippen molar-refractivity contribution in [3.63, 3.8) is 0 Å². The number of carbonyl (C=O) groups excluding carboxylic acids is 1. The molecule has 0 atom stereocenters. The number of carbonyl (C=O) groups is 1. The Labute approximate surface area is 216 Å². The van der Waals surface area contributed by atoms with Crippen molar-refractivity contribution < 1.29 is 32.2 Å². The molecule has 198 valence electrons. The molecular formula is C26H28F3N3O4S. The van der Waals surface area contributed by atoms with E-state index < -0.39 is 17.3 Å². The van der Waals surface area contributed by atoms with Gasteiger partial charge in [0.05, 0.1) is 16.0 Å². The zero-order chi connectivity index (χ0) is 27.0. The van der Waals surface area contributed by atoms with Crippen molar-refractivity contribution in [2.45, 2.75) is 45.9 Å². The summed E-state index contributed by atoms with van der Waals surface area (Å²) in [6.45, 7) is 7.80. The standard InChI is InChI=1S/C26H28F3N3O4S/c1-15-9-17(26(27,28)29)10-20(35-14-34-5)22(15)19-11-21-23(31-30-19)18(13-37-21)16-7-6-8-32(12-16)24(33)36-25(2,3)4/h7,9-11,13H,6,8,12,14H2,1-5H3. The maximum Gasteiger partial charge on any atom is 0.416 e. The van der Waals surface area contributed by atoms with Crippen molar-refractivity contribution in [2.24, 2.45) is 0 Å². The quantitative estimate of drug-likeness (QED) is 0.339. The van der Waals surface area contributed by atoms with Gasteiger partial charge in [0, 0.05) is 36.7 Å². The van der Waals surface area contributed by atoms with E-state index in [2.05, 4.69) is 16.3 Å². The van der Waals surface area contributed by atoms with Crippen molar-refractivity contribution in [3.8, 4) is 17.0 Å². The van der Waals surface area contributed by atoms with Crippen LogP contribution in [0.3, 0.4) is 0 Å². The van der Waals surface area contributed by atoms with E-state index in [1.54, 1.807) is 17.9 Å². The number of fused-ring (bicyclic) bond motifs is 1. The van der Waals surface area contributed by atoms with E-state index in [1.807, 2.05) is 26.2 Å². The van der Waals surface area contributed by atoms with Crippen LogP contribution in [0.5, 0.6) is 5.75 Å². The smallest absolute Gasteiger partial charge is 0.416 e. The van der Waals surface area contributed by atoms with E-state index >= 15 is 0 Å². The average Bonchev–Trinajstić information content (AvgIpc) is 3.24. The van der Waals surface area contributed by atoms with Crippen LogP contribution in [-0.4, -0.2) is 53.8 Å². The van der Waals surface area contributed by atoms with Gasteiger partial charge in [-0.1, -0.05) is 6.08 Å². The summed E-state index contributed by atoms with van der Waals surface area (Å²) < 4.78 is 56.9. The molecule has 7 nitrogen and oxygen atoms in total. The summed E-state index contributed by atoms with van der Waals surface area (Å²) in [5.41, 5.74) is 2.24. The molecule has 1 aliphatic heterocycles. The van der Waals surface area contributed by atoms with Crippen molar-refractivity contribution in [2.75, 3.05) is 27.0 Å². The molecule has 1 amide bonds. The fourth-order valence-electron chi connectivity index (χ4n) is 4.08. The molecule has 4 rings (SSSR count). The predicted octanol–water partition coefficient (Wildman–Crippen LogP) is 6.69. The molecule has 37 heavy (non-hydrogen) atoms. The zero-order valence-corrected chi connectivity index (χ0v) is 22.0. The summed E-state index contributed by atoms with van der Waals surface area (Å²) in [6, 6.07) is 3.81. The number of aromatic nitrogens is 2. The molecule has 0 fully saturated rings. The van der Waals surface area contributed by atoms with Crippen molar-refractivity contribution >= 4 is 33.2 Å². The van der Waals surface area contributed by atoms with Gasteiger partial charge in [-0.3, -0.25) is 0 Å². The monoisotopic (exact) mass is 535 g/mol. The number of rotatable bonds is 5. The van der Waals surface area contributed by atoms with Gasteiger partial charge in [0.25, 0.3) is 0 Å². The lowest BCUT2D eigenvalue weighted by atomic mass is 9.99. The number of amides is 1. The molecule has 2 aromatic heterocycles. The normalized spacial score (nSPS) is 14.6. The van der Waals surface area contributed by atoms with E-state index in [4.69, 9.17) is 14.2 Å². The van der Waals surface area contributed by atoms with Gasteiger partial charge in [-0.15, -0.1) is 21.5 Å². The maximum atomic E-state index is 13.4. The SMILES string of the molecule is COCOc1cc(C(F)(F)F)cc(C)c1-c1cc2scc(C3=CCCN(C(=O)OC(C)(C)C)C3)c2nn1. The maximum absolute atomic E-state index is 13.4. The number of benzene rings is 1. The van der Waals surface area contributed by atoms with E-state index in [1.165, 1.54) is 18.4 Å². The van der Waals surface area contributed by atoms with Crippen LogP contribution in [0.25, 0.3) is 27.0 Å². The molecule has 0 radical (unpaired) electrons. The van der Waals surface area contributed by atoms with Crippen LogP contribution in [0, 0.1) is 6.92 Å². The van der Waals surface area contributed by atoms with Crippen LogP contribution in [-0.2, 0) is 15.7 Å². The number of aryl methyl sites for hydroxylation is 1. The Hall–Kier alpha value is -3.18. The molecule has 3 aromatic rings. The fraction of sp³-hybridized carbons (Fsp3) is 0.423. The van der Waals surface area contributed by atoms with Crippen molar-refractivity contribution in [1.29, 1.82) is 0 Å². The minimum atomic E-state index is -4.52. The van der Waals surface area contributed by atoms with Crippen LogP contribution in [0.15, 0.2) is 29.7 Å². The van der Waals surface area contributed by atoms with E-state index in [-0.39, 0.29) is 18.6 Å². The number of hydrogen-bond acceptors (Lipinski definition) is 7. The van der Waals surface area contributed by atoms with Gasteiger partial charge in [0.15, 0.2) is 6.79 Å². The van der Waals surface area contributed by atoms with Crippen molar-refractivity contribution in [1.82, 2.24) is 15.1 Å². The number of ether oxygens (including phenoxy) is 3. The zero-order valence-electron chi connectivity index (χ0n) is 21.2. The van der Waals surface area contributed by atoms with Crippen LogP contribution in [0.2, 0.25) is 0 Å². The minimum Gasteiger partial charge on any atom is -0.467 e. The average molecular weight is 536 g/mol. The largest absolute Gasteiger partial charge is 0.467 e. The van der Waals surface area contributed by atoms with Gasteiger partial charge in [0.2, 0.25) is 0 Å². The Bertz CT molecular complexity index is 1350. The van der Waals surface area contributed by atoms with Gasteiger partial charge >= 0.3 is 12.3 Å². The highest BCUT2D eigenvalue weighted by Crippen LogP contribution is 2.41. The molecule has 3 heterocycles. The van der Waals surface area contributed by atoms with Gasteiger partial charge in [-0.2, -0.15) is 13.2 Å².